The van der Waals surface area contributed by atoms with Crippen LogP contribution in [0.5, 0.6) is 0 Å². The summed E-state index contributed by atoms with van der Waals surface area (Å²) in [6.45, 7) is 0. The average molecular weight is 200 g/mol. The van der Waals surface area contributed by atoms with Crippen molar-refractivity contribution in [3.8, 4) is 0 Å². The molecule has 0 saturated carbocycles. The predicted molar refractivity (Wildman–Crippen MR) is 46.6 cm³/mol. The molecule has 0 fully saturated rings. The zero-order valence-corrected chi connectivity index (χ0v) is 7.74. The Balaban J connectivity index is 2.71. The molecule has 0 saturated heterocycles. The van der Waals surface area contributed by atoms with E-state index in [9.17, 15) is 8.42 Å². The van der Waals surface area contributed by atoms with Crippen molar-refractivity contribution in [1.29, 1.82) is 0 Å². The minimum Gasteiger partial charge on any atom is -0.382 e. The second-order valence-electron chi connectivity index (χ2n) is 2.83. The number of aromatic nitrogens is 2. The topological polar surface area (TPSA) is 90.3 Å². The highest BCUT2D eigenvalue weighted by Gasteiger charge is 2.25. The molecule has 2 heterocycles. The number of nitrogens with zero attached hydrogens (tertiary/aromatic N) is 3. The molecule has 0 radical (unpaired) electrons. The maximum absolute atomic E-state index is 11.2. The van der Waals surface area contributed by atoms with E-state index in [1.807, 2.05) is 0 Å². The van der Waals surface area contributed by atoms with Gasteiger partial charge in [0.15, 0.2) is 0 Å². The molecule has 0 spiro atoms. The second kappa shape index (κ2) is 2.32. The molecule has 6 nitrogen and oxygen atoms in total. The van der Waals surface area contributed by atoms with Gasteiger partial charge in [-0.3, -0.25) is 4.68 Å². The van der Waals surface area contributed by atoms with Crippen LogP contribution in [0.2, 0.25) is 0 Å². The van der Waals surface area contributed by atoms with Gasteiger partial charge in [-0.1, -0.05) is 0 Å². The van der Waals surface area contributed by atoms with E-state index < -0.39 is 10.0 Å². The van der Waals surface area contributed by atoms with E-state index in [4.69, 9.17) is 5.73 Å². The Morgan fingerprint density at radius 1 is 1.62 bits per heavy atom. The molecule has 1 aromatic heterocycles. The lowest BCUT2D eigenvalue weighted by atomic mass is 10.2. The summed E-state index contributed by atoms with van der Waals surface area (Å²) in [6, 6.07) is 0. The number of hydrogen-bond acceptors (Lipinski definition) is 4. The van der Waals surface area contributed by atoms with Gasteiger partial charge in [0, 0.05) is 7.05 Å². The van der Waals surface area contributed by atoms with Crippen LogP contribution >= 0.6 is 0 Å². The van der Waals surface area contributed by atoms with Crippen LogP contribution in [0.3, 0.4) is 0 Å². The van der Waals surface area contributed by atoms with Gasteiger partial charge in [-0.2, -0.15) is 5.10 Å². The number of rotatable bonds is 0. The third-order valence-electron chi connectivity index (χ3n) is 1.89. The number of fused-ring (bicyclic) bond motifs is 1. The van der Waals surface area contributed by atoms with E-state index >= 15 is 0 Å². The molecular weight excluding hydrogens is 192 g/mol. The second-order valence-corrected chi connectivity index (χ2v) is 4.47. The van der Waals surface area contributed by atoms with Crippen LogP contribution in [-0.4, -0.2) is 24.0 Å². The van der Waals surface area contributed by atoms with Gasteiger partial charge >= 0.3 is 0 Å². The van der Waals surface area contributed by atoms with Crippen LogP contribution in [0.4, 0.5) is 0 Å². The van der Waals surface area contributed by atoms with Crippen molar-refractivity contribution < 1.29 is 8.42 Å². The summed E-state index contributed by atoms with van der Waals surface area (Å²) in [7, 11) is -1.76. The summed E-state index contributed by atoms with van der Waals surface area (Å²) >= 11 is 0. The largest absolute Gasteiger partial charge is 0.382 e. The lowest BCUT2D eigenvalue weighted by Crippen LogP contribution is -2.24. The molecule has 0 amide bonds. The summed E-state index contributed by atoms with van der Waals surface area (Å²) in [4.78, 5) is 0. The van der Waals surface area contributed by atoms with Gasteiger partial charge in [0.05, 0.1) is 17.5 Å². The van der Waals surface area contributed by atoms with Gasteiger partial charge < -0.3 is 5.73 Å². The Kier molecular flexibility index (Phi) is 1.47. The van der Waals surface area contributed by atoms with Gasteiger partial charge in [0.1, 0.15) is 11.6 Å². The molecule has 0 bridgehead atoms. The lowest BCUT2D eigenvalue weighted by molar-refractivity contribution is 0.593. The van der Waals surface area contributed by atoms with Crippen LogP contribution in [0.1, 0.15) is 11.3 Å². The molecular formula is C6H8N4O2S. The zero-order valence-electron chi connectivity index (χ0n) is 6.93. The summed E-state index contributed by atoms with van der Waals surface area (Å²) in [5, 5.41) is 3.91. The number of nitrogens with two attached hydrogens (primary N) is 1. The third-order valence-corrected chi connectivity index (χ3v) is 3.01. The van der Waals surface area contributed by atoms with E-state index in [1.54, 1.807) is 7.05 Å². The van der Waals surface area contributed by atoms with Crippen LogP contribution < -0.4 is 5.73 Å². The first-order chi connectivity index (χ1) is 5.99. The fraction of sp³-hybridized carbons (Fsp3) is 0.333. The van der Waals surface area contributed by atoms with E-state index in [2.05, 4.69) is 9.50 Å². The van der Waals surface area contributed by atoms with E-state index in [0.29, 0.717) is 11.3 Å². The van der Waals surface area contributed by atoms with Crippen molar-refractivity contribution >= 4 is 15.9 Å². The highest BCUT2D eigenvalue weighted by molar-refractivity contribution is 7.89. The van der Waals surface area contributed by atoms with Crippen molar-refractivity contribution in [2.24, 2.45) is 17.2 Å². The third kappa shape index (κ3) is 1.21. The summed E-state index contributed by atoms with van der Waals surface area (Å²) < 4.78 is 27.2. The Labute approximate surface area is 75.1 Å². The van der Waals surface area contributed by atoms with Crippen molar-refractivity contribution in [3.05, 3.63) is 17.5 Å². The molecule has 13 heavy (non-hydrogen) atoms. The van der Waals surface area contributed by atoms with Crippen molar-refractivity contribution in [2.45, 2.75) is 5.75 Å². The van der Waals surface area contributed by atoms with Gasteiger partial charge in [-0.05, 0) is 0 Å². The van der Waals surface area contributed by atoms with E-state index in [1.165, 1.54) is 10.9 Å². The molecule has 1 aliphatic rings. The first kappa shape index (κ1) is 8.24. The van der Waals surface area contributed by atoms with Gasteiger partial charge in [-0.15, -0.1) is 4.40 Å². The molecule has 2 rings (SSSR count). The molecule has 1 aliphatic heterocycles. The molecule has 0 unspecified atom stereocenters. The Morgan fingerprint density at radius 3 is 3.00 bits per heavy atom. The SMILES string of the molecule is Cn1ncc2c1CS(=O)(=O)N=C2N. The molecule has 70 valence electrons. The molecule has 7 heteroatoms. The van der Waals surface area contributed by atoms with E-state index in [-0.39, 0.29) is 11.6 Å². The molecule has 1 aromatic rings. The first-order valence-electron chi connectivity index (χ1n) is 3.59. The zero-order chi connectivity index (χ0) is 9.64. The Morgan fingerprint density at radius 2 is 2.31 bits per heavy atom. The van der Waals surface area contributed by atoms with Crippen LogP contribution in [0.25, 0.3) is 0 Å². The highest BCUT2D eigenvalue weighted by atomic mass is 32.2. The van der Waals surface area contributed by atoms with Gasteiger partial charge in [0.25, 0.3) is 10.0 Å². The van der Waals surface area contributed by atoms with E-state index in [0.717, 1.165) is 0 Å². The molecule has 0 aliphatic carbocycles. The number of hydrogen-bond donors (Lipinski definition) is 1. The van der Waals surface area contributed by atoms with Crippen molar-refractivity contribution in [3.63, 3.8) is 0 Å². The minimum atomic E-state index is -3.44. The van der Waals surface area contributed by atoms with Gasteiger partial charge in [-0.25, -0.2) is 8.42 Å². The summed E-state index contributed by atoms with van der Waals surface area (Å²) in [5.41, 5.74) is 6.65. The Hall–Kier alpha value is -1.37. The van der Waals surface area contributed by atoms with Crippen molar-refractivity contribution in [1.82, 2.24) is 9.78 Å². The quantitative estimate of drug-likeness (QED) is 0.579. The molecule has 2 N–H and O–H groups in total. The Bertz CT molecular complexity index is 485. The summed E-state index contributed by atoms with van der Waals surface area (Å²) in [6.07, 6.45) is 1.52. The smallest absolute Gasteiger partial charge is 0.260 e. The normalized spacial score (nSPS) is 19.3. The van der Waals surface area contributed by atoms with Gasteiger partial charge in [0.2, 0.25) is 0 Å². The monoisotopic (exact) mass is 200 g/mol. The van der Waals surface area contributed by atoms with Crippen LogP contribution in [0.15, 0.2) is 10.6 Å². The lowest BCUT2D eigenvalue weighted by Gasteiger charge is -2.09. The van der Waals surface area contributed by atoms with Crippen LogP contribution in [0, 0.1) is 0 Å². The fourth-order valence-electron chi connectivity index (χ4n) is 1.25. The maximum Gasteiger partial charge on any atom is 0.260 e. The fourth-order valence-corrected chi connectivity index (χ4v) is 2.40. The highest BCUT2D eigenvalue weighted by Crippen LogP contribution is 2.17. The average Bonchev–Trinajstić information content (AvgIpc) is 2.30. The number of amidine groups is 1. The molecule has 0 aromatic carbocycles. The molecule has 0 atom stereocenters. The minimum absolute atomic E-state index is 0.0225. The first-order valence-corrected chi connectivity index (χ1v) is 5.20. The standard InChI is InChI=1S/C6H8N4O2S/c1-10-5-3-13(11,12)9-6(7)4(5)2-8-10/h2H,3H2,1H3,(H2,7,9). The predicted octanol–water partition coefficient (Wildman–Crippen LogP) is -1.03. The maximum atomic E-state index is 11.2. The number of sulfonamides is 1. The van der Waals surface area contributed by atoms with Crippen LogP contribution in [-0.2, 0) is 22.8 Å². The summed E-state index contributed by atoms with van der Waals surface area (Å²) in [5.74, 6) is -0.103. The number of aryl methyl sites for hydroxylation is 1. The van der Waals surface area contributed by atoms with Crippen molar-refractivity contribution in [2.75, 3.05) is 0 Å².